The van der Waals surface area contributed by atoms with Gasteiger partial charge in [-0.2, -0.15) is 0 Å². The van der Waals surface area contributed by atoms with Crippen LogP contribution >= 0.6 is 0 Å². The molecule has 0 bridgehead atoms. The maximum absolute atomic E-state index is 14.1. The topological polar surface area (TPSA) is 51.7 Å². The van der Waals surface area contributed by atoms with E-state index in [0.29, 0.717) is 36.7 Å². The van der Waals surface area contributed by atoms with Crippen molar-refractivity contribution < 1.29 is 18.7 Å². The first-order chi connectivity index (χ1) is 14.6. The number of carbonyl (C=O) groups is 1. The van der Waals surface area contributed by atoms with Crippen LogP contribution in [0.5, 0.6) is 11.5 Å². The molecule has 2 aromatic carbocycles. The number of rotatable bonds is 3. The van der Waals surface area contributed by atoms with Gasteiger partial charge in [0.2, 0.25) is 5.78 Å². The largest absolute Gasteiger partial charge is 0.478 e. The van der Waals surface area contributed by atoms with Crippen LogP contribution in [-0.4, -0.2) is 22.4 Å². The first kappa shape index (κ1) is 18.5. The number of ether oxygens (including phenoxy) is 2. The van der Waals surface area contributed by atoms with Crippen LogP contribution in [0.2, 0.25) is 0 Å². The minimum absolute atomic E-state index is 0.123. The van der Waals surface area contributed by atoms with Gasteiger partial charge < -0.3 is 9.47 Å². The molecule has 2 aliphatic heterocycles. The third-order valence-electron chi connectivity index (χ3n) is 5.34. The maximum Gasteiger partial charge on any atom is 0.232 e. The first-order valence-electron chi connectivity index (χ1n) is 9.69. The first-order valence-corrected chi connectivity index (χ1v) is 9.69. The van der Waals surface area contributed by atoms with E-state index < -0.39 is 5.82 Å². The fraction of sp³-hybridized carbons (Fsp3) is 0.167. The van der Waals surface area contributed by atoms with Gasteiger partial charge in [0.1, 0.15) is 24.0 Å². The number of fused-ring (bicyclic) bond motifs is 3. The second kappa shape index (κ2) is 7.39. The molecule has 3 aromatic rings. The lowest BCUT2D eigenvalue weighted by atomic mass is 9.98. The number of carbonyl (C=O) groups excluding carboxylic acids is 1. The molecule has 0 unspecified atom stereocenters. The smallest absolute Gasteiger partial charge is 0.232 e. The van der Waals surface area contributed by atoms with Crippen LogP contribution in [0.4, 0.5) is 4.39 Å². The van der Waals surface area contributed by atoms with Crippen molar-refractivity contribution in [3.05, 3.63) is 94.3 Å². The standard InChI is InChI=1S/C24H19FN2O3/c1-15-10-20-18(13-27(14-29-20)12-16-6-8-26-9-7-16)24-22(15)23(28)21(30-24)11-17-4-2-3-5-19(17)25/h2-11H,12-14H2,1H3/b21-11-. The highest BCUT2D eigenvalue weighted by Gasteiger charge is 2.35. The van der Waals surface area contributed by atoms with Crippen molar-refractivity contribution in [2.45, 2.75) is 20.0 Å². The summed E-state index contributed by atoms with van der Waals surface area (Å²) < 4.78 is 26.0. The van der Waals surface area contributed by atoms with E-state index in [2.05, 4.69) is 9.88 Å². The Kier molecular flexibility index (Phi) is 4.56. The number of hydrogen-bond acceptors (Lipinski definition) is 5. The summed E-state index contributed by atoms with van der Waals surface area (Å²) in [7, 11) is 0. The Morgan fingerprint density at radius 3 is 2.80 bits per heavy atom. The van der Waals surface area contributed by atoms with Crippen molar-refractivity contribution in [3.63, 3.8) is 0 Å². The number of hydrogen-bond donors (Lipinski definition) is 0. The summed E-state index contributed by atoms with van der Waals surface area (Å²) in [6, 6.07) is 12.1. The van der Waals surface area contributed by atoms with Gasteiger partial charge in [-0.25, -0.2) is 4.39 Å². The summed E-state index contributed by atoms with van der Waals surface area (Å²) in [5.41, 5.74) is 3.58. The minimum Gasteiger partial charge on any atom is -0.478 e. The molecule has 0 aliphatic carbocycles. The molecule has 6 heteroatoms. The zero-order valence-corrected chi connectivity index (χ0v) is 16.4. The van der Waals surface area contributed by atoms with E-state index >= 15 is 0 Å². The van der Waals surface area contributed by atoms with Gasteiger partial charge in [0.15, 0.2) is 5.76 Å². The predicted molar refractivity (Wildman–Crippen MR) is 109 cm³/mol. The summed E-state index contributed by atoms with van der Waals surface area (Å²) in [4.78, 5) is 19.2. The van der Waals surface area contributed by atoms with Gasteiger partial charge in [0.05, 0.1) is 11.1 Å². The molecule has 5 nitrogen and oxygen atoms in total. The molecule has 0 amide bonds. The third kappa shape index (κ3) is 3.25. The fourth-order valence-corrected chi connectivity index (χ4v) is 3.86. The Morgan fingerprint density at radius 1 is 1.20 bits per heavy atom. The number of benzene rings is 2. The lowest BCUT2D eigenvalue weighted by Gasteiger charge is -2.30. The lowest BCUT2D eigenvalue weighted by molar-refractivity contribution is 0.0872. The molecule has 0 saturated heterocycles. The molecule has 30 heavy (non-hydrogen) atoms. The van der Waals surface area contributed by atoms with Crippen LogP contribution in [0.1, 0.15) is 32.6 Å². The van der Waals surface area contributed by atoms with Gasteiger partial charge in [-0.1, -0.05) is 18.2 Å². The number of nitrogens with zero attached hydrogens (tertiary/aromatic N) is 2. The van der Waals surface area contributed by atoms with Crippen molar-refractivity contribution in [2.24, 2.45) is 0 Å². The van der Waals surface area contributed by atoms with Crippen LogP contribution in [-0.2, 0) is 13.1 Å². The average molecular weight is 402 g/mol. The zero-order valence-electron chi connectivity index (χ0n) is 16.4. The molecule has 0 radical (unpaired) electrons. The zero-order chi connectivity index (χ0) is 20.7. The summed E-state index contributed by atoms with van der Waals surface area (Å²) in [6.07, 6.45) is 4.98. The Balaban J connectivity index is 1.49. The van der Waals surface area contributed by atoms with Crippen LogP contribution < -0.4 is 9.47 Å². The van der Waals surface area contributed by atoms with Gasteiger partial charge in [-0.05, 0) is 48.4 Å². The number of halogens is 1. The number of Topliss-reactive ketones (excluding diaryl/α,β-unsaturated/α-hetero) is 1. The maximum atomic E-state index is 14.1. The molecule has 0 spiro atoms. The van der Waals surface area contributed by atoms with Gasteiger partial charge in [-0.3, -0.25) is 14.7 Å². The summed E-state index contributed by atoms with van der Waals surface area (Å²) in [5.74, 6) is 0.717. The van der Waals surface area contributed by atoms with Gasteiger partial charge >= 0.3 is 0 Å². The number of ketones is 1. The number of pyridine rings is 1. The molecule has 0 saturated carbocycles. The number of allylic oxidation sites excluding steroid dienone is 1. The van der Waals surface area contributed by atoms with Gasteiger partial charge in [0, 0.05) is 31.0 Å². The molecule has 1 aromatic heterocycles. The van der Waals surface area contributed by atoms with E-state index in [9.17, 15) is 9.18 Å². The summed E-state index contributed by atoms with van der Waals surface area (Å²) >= 11 is 0. The van der Waals surface area contributed by atoms with E-state index in [-0.39, 0.29) is 11.5 Å². The highest BCUT2D eigenvalue weighted by Crippen LogP contribution is 2.44. The van der Waals surface area contributed by atoms with E-state index in [1.807, 2.05) is 25.1 Å². The molecule has 0 fully saturated rings. The van der Waals surface area contributed by atoms with E-state index in [0.717, 1.165) is 22.4 Å². The van der Waals surface area contributed by atoms with Crippen LogP contribution in [0.3, 0.4) is 0 Å². The van der Waals surface area contributed by atoms with Gasteiger partial charge in [0.25, 0.3) is 0 Å². The minimum atomic E-state index is -0.400. The summed E-state index contributed by atoms with van der Waals surface area (Å²) in [5, 5.41) is 0. The second-order valence-electron chi connectivity index (χ2n) is 7.45. The Morgan fingerprint density at radius 2 is 2.00 bits per heavy atom. The van der Waals surface area contributed by atoms with Crippen molar-refractivity contribution in [1.29, 1.82) is 0 Å². The predicted octanol–water partition coefficient (Wildman–Crippen LogP) is 4.50. The van der Waals surface area contributed by atoms with Crippen molar-refractivity contribution in [2.75, 3.05) is 6.73 Å². The summed E-state index contributed by atoms with van der Waals surface area (Å²) in [6.45, 7) is 3.58. The van der Waals surface area contributed by atoms with E-state index in [1.165, 1.54) is 12.1 Å². The van der Waals surface area contributed by atoms with Crippen molar-refractivity contribution in [3.8, 4) is 11.5 Å². The lowest BCUT2D eigenvalue weighted by Crippen LogP contribution is -2.31. The molecule has 0 atom stereocenters. The monoisotopic (exact) mass is 402 g/mol. The quantitative estimate of drug-likeness (QED) is 0.604. The molecule has 3 heterocycles. The Hall–Kier alpha value is -3.51. The average Bonchev–Trinajstić information content (AvgIpc) is 3.08. The molecular formula is C24H19FN2O3. The molecule has 5 rings (SSSR count). The second-order valence-corrected chi connectivity index (χ2v) is 7.45. The van der Waals surface area contributed by atoms with Crippen LogP contribution in [0, 0.1) is 12.7 Å². The van der Waals surface area contributed by atoms with Gasteiger partial charge in [-0.15, -0.1) is 0 Å². The number of aromatic nitrogens is 1. The van der Waals surface area contributed by atoms with E-state index in [4.69, 9.17) is 9.47 Å². The SMILES string of the molecule is Cc1cc2c(c3c1C(=O)/C(=C/c1ccccc1F)O3)CN(Cc1ccncc1)CO2. The highest BCUT2D eigenvalue weighted by molar-refractivity contribution is 6.15. The number of aryl methyl sites for hydroxylation is 1. The van der Waals surface area contributed by atoms with Crippen LogP contribution in [0.15, 0.2) is 60.6 Å². The van der Waals surface area contributed by atoms with Crippen LogP contribution in [0.25, 0.3) is 6.08 Å². The molecular weight excluding hydrogens is 383 g/mol. The highest BCUT2D eigenvalue weighted by atomic mass is 19.1. The fourth-order valence-electron chi connectivity index (χ4n) is 3.86. The molecule has 150 valence electrons. The Labute approximate surface area is 173 Å². The van der Waals surface area contributed by atoms with Crippen molar-refractivity contribution in [1.82, 2.24) is 9.88 Å². The normalized spacial score (nSPS) is 16.7. The van der Waals surface area contributed by atoms with Crippen molar-refractivity contribution >= 4 is 11.9 Å². The molecule has 0 N–H and O–H groups in total. The molecule has 2 aliphatic rings. The van der Waals surface area contributed by atoms with E-state index in [1.54, 1.807) is 30.6 Å². The Bertz CT molecular complexity index is 1170. The third-order valence-corrected chi connectivity index (χ3v) is 5.34.